The number of hydrogen-bond donors (Lipinski definition) is 1. The van der Waals surface area contributed by atoms with E-state index in [0.29, 0.717) is 6.54 Å². The molecule has 1 saturated heterocycles. The number of aliphatic carboxylic acids is 1. The van der Waals surface area contributed by atoms with Crippen LogP contribution in [0.4, 0.5) is 0 Å². The van der Waals surface area contributed by atoms with Crippen LogP contribution in [0.15, 0.2) is 0 Å². The van der Waals surface area contributed by atoms with E-state index < -0.39 is 11.4 Å². The Morgan fingerprint density at radius 2 is 1.94 bits per heavy atom. The molecule has 0 radical (unpaired) electrons. The van der Waals surface area contributed by atoms with Crippen molar-refractivity contribution in [1.29, 1.82) is 5.26 Å². The van der Waals surface area contributed by atoms with E-state index in [9.17, 15) is 4.79 Å². The molecule has 1 aliphatic rings. The average Bonchev–Trinajstić information content (AvgIpc) is 2.32. The number of nitrogens with zero attached hydrogens (tertiary/aromatic N) is 3. The lowest BCUT2D eigenvalue weighted by Gasteiger charge is -2.39. The van der Waals surface area contributed by atoms with E-state index in [0.717, 1.165) is 32.6 Å². The van der Waals surface area contributed by atoms with Crippen molar-refractivity contribution < 1.29 is 9.90 Å². The van der Waals surface area contributed by atoms with Gasteiger partial charge in [0.2, 0.25) is 0 Å². The second kappa shape index (κ2) is 6.17. The Kier molecular flexibility index (Phi) is 5.12. The number of carboxylic acid groups (broad SMARTS) is 1. The first kappa shape index (κ1) is 14.9. The van der Waals surface area contributed by atoms with E-state index in [1.807, 2.05) is 6.92 Å². The van der Waals surface area contributed by atoms with Gasteiger partial charge in [0.1, 0.15) is 0 Å². The highest BCUT2D eigenvalue weighted by atomic mass is 16.4. The maximum atomic E-state index is 11.1. The van der Waals surface area contributed by atoms with Crippen LogP contribution in [0, 0.1) is 16.7 Å². The van der Waals surface area contributed by atoms with E-state index in [4.69, 9.17) is 10.4 Å². The molecule has 0 spiro atoms. The van der Waals surface area contributed by atoms with Gasteiger partial charge in [-0.25, -0.2) is 0 Å². The van der Waals surface area contributed by atoms with Crippen LogP contribution >= 0.6 is 0 Å². The molecule has 0 aromatic heterocycles. The highest BCUT2D eigenvalue weighted by molar-refractivity contribution is 5.73. The molecular weight excluding hydrogens is 230 g/mol. The number of piperazine rings is 1. The lowest BCUT2D eigenvalue weighted by Crippen LogP contribution is -2.52. The predicted octanol–water partition coefficient (Wildman–Crippen LogP) is 1.02. The van der Waals surface area contributed by atoms with Crippen molar-refractivity contribution in [3.05, 3.63) is 0 Å². The highest BCUT2D eigenvalue weighted by Crippen LogP contribution is 2.19. The molecule has 1 rings (SSSR count). The van der Waals surface area contributed by atoms with Crippen molar-refractivity contribution in [3.8, 4) is 6.07 Å². The van der Waals surface area contributed by atoms with Crippen LogP contribution in [0.3, 0.4) is 0 Å². The van der Waals surface area contributed by atoms with Crippen LogP contribution in [-0.2, 0) is 4.79 Å². The van der Waals surface area contributed by atoms with Crippen molar-refractivity contribution >= 4 is 5.97 Å². The Morgan fingerprint density at radius 1 is 1.39 bits per heavy atom. The summed E-state index contributed by atoms with van der Waals surface area (Å²) < 4.78 is 0. The van der Waals surface area contributed by atoms with Gasteiger partial charge in [0.05, 0.1) is 17.5 Å². The Hall–Kier alpha value is -1.12. The number of carboxylic acids is 1. The molecule has 1 unspecified atom stereocenters. The third-order valence-corrected chi connectivity index (χ3v) is 3.58. The minimum absolute atomic E-state index is 0.000339. The highest BCUT2D eigenvalue weighted by Gasteiger charge is 2.31. The minimum atomic E-state index is -0.756. The van der Waals surface area contributed by atoms with E-state index >= 15 is 0 Å². The van der Waals surface area contributed by atoms with E-state index in [1.165, 1.54) is 0 Å². The Morgan fingerprint density at radius 3 is 2.33 bits per heavy atom. The largest absolute Gasteiger partial charge is 0.481 e. The average molecular weight is 253 g/mol. The molecule has 5 heteroatoms. The first-order valence-corrected chi connectivity index (χ1v) is 6.50. The molecule has 0 amide bonds. The summed E-state index contributed by atoms with van der Waals surface area (Å²) in [4.78, 5) is 15.4. The van der Waals surface area contributed by atoms with Crippen molar-refractivity contribution in [1.82, 2.24) is 9.80 Å². The summed E-state index contributed by atoms with van der Waals surface area (Å²) >= 11 is 0. The molecule has 1 aliphatic heterocycles. The van der Waals surface area contributed by atoms with E-state index in [1.54, 1.807) is 13.8 Å². The van der Waals surface area contributed by atoms with Crippen LogP contribution in [0.5, 0.6) is 0 Å². The summed E-state index contributed by atoms with van der Waals surface area (Å²) in [7, 11) is 0. The van der Waals surface area contributed by atoms with Gasteiger partial charge in [-0.3, -0.25) is 14.6 Å². The fourth-order valence-electron chi connectivity index (χ4n) is 2.29. The van der Waals surface area contributed by atoms with Gasteiger partial charge in [0.25, 0.3) is 0 Å². The third-order valence-electron chi connectivity index (χ3n) is 3.58. The molecule has 0 bridgehead atoms. The summed E-state index contributed by atoms with van der Waals surface area (Å²) in [5, 5.41) is 18.1. The van der Waals surface area contributed by atoms with Gasteiger partial charge in [0.15, 0.2) is 0 Å². The molecule has 102 valence electrons. The summed E-state index contributed by atoms with van der Waals surface area (Å²) in [5.74, 6) is -0.756. The molecule has 1 fully saturated rings. The van der Waals surface area contributed by atoms with Gasteiger partial charge >= 0.3 is 5.97 Å². The van der Waals surface area contributed by atoms with Crippen LogP contribution < -0.4 is 0 Å². The molecular formula is C13H23N3O2. The summed E-state index contributed by atoms with van der Waals surface area (Å²) in [6.07, 6.45) is 0.844. The van der Waals surface area contributed by atoms with Crippen LogP contribution in [-0.4, -0.2) is 59.6 Å². The van der Waals surface area contributed by atoms with Crippen LogP contribution in [0.1, 0.15) is 27.2 Å². The molecule has 0 aromatic carbocycles. The zero-order valence-electron chi connectivity index (χ0n) is 11.5. The Bertz CT molecular complexity index is 328. The molecule has 0 aliphatic carbocycles. The second-order valence-corrected chi connectivity index (χ2v) is 5.55. The summed E-state index contributed by atoms with van der Waals surface area (Å²) in [6.45, 7) is 9.48. The van der Waals surface area contributed by atoms with Gasteiger partial charge in [-0.05, 0) is 20.3 Å². The number of carbonyl (C=O) groups is 1. The fraction of sp³-hybridized carbons (Fsp3) is 0.846. The first-order chi connectivity index (χ1) is 8.40. The zero-order chi connectivity index (χ0) is 13.8. The summed E-state index contributed by atoms with van der Waals surface area (Å²) in [5.41, 5.74) is -0.707. The molecule has 5 nitrogen and oxygen atoms in total. The zero-order valence-corrected chi connectivity index (χ0v) is 11.5. The number of nitriles is 1. The molecule has 1 N–H and O–H groups in total. The van der Waals surface area contributed by atoms with Crippen molar-refractivity contribution in [2.45, 2.75) is 33.2 Å². The molecule has 0 saturated carbocycles. The van der Waals surface area contributed by atoms with E-state index in [-0.39, 0.29) is 6.04 Å². The molecule has 1 atom stereocenters. The second-order valence-electron chi connectivity index (χ2n) is 5.55. The predicted molar refractivity (Wildman–Crippen MR) is 69.1 cm³/mol. The van der Waals surface area contributed by atoms with Crippen molar-refractivity contribution in [2.24, 2.45) is 5.41 Å². The number of rotatable bonds is 5. The lowest BCUT2D eigenvalue weighted by molar-refractivity contribution is -0.148. The third kappa shape index (κ3) is 3.69. The minimum Gasteiger partial charge on any atom is -0.481 e. The lowest BCUT2D eigenvalue weighted by atomic mass is 9.93. The van der Waals surface area contributed by atoms with Crippen LogP contribution in [0.2, 0.25) is 0 Å². The quantitative estimate of drug-likeness (QED) is 0.792. The monoisotopic (exact) mass is 253 g/mol. The molecule has 1 heterocycles. The van der Waals surface area contributed by atoms with Gasteiger partial charge in [-0.15, -0.1) is 0 Å². The first-order valence-electron chi connectivity index (χ1n) is 6.50. The standard InChI is InChI=1S/C13H23N3O2/c1-4-11(9-14)16-7-5-15(6-8-16)10-13(2,3)12(17)18/h11H,4-8,10H2,1-3H3,(H,17,18). The van der Waals surface area contributed by atoms with Crippen molar-refractivity contribution in [3.63, 3.8) is 0 Å². The van der Waals surface area contributed by atoms with Gasteiger partial charge < -0.3 is 5.11 Å². The Labute approximate surface area is 109 Å². The van der Waals surface area contributed by atoms with Crippen molar-refractivity contribution in [2.75, 3.05) is 32.7 Å². The van der Waals surface area contributed by atoms with Gasteiger partial charge in [-0.2, -0.15) is 5.26 Å². The SMILES string of the molecule is CCC(C#N)N1CCN(CC(C)(C)C(=O)O)CC1. The van der Waals surface area contributed by atoms with E-state index in [2.05, 4.69) is 15.9 Å². The normalized spacial score (nSPS) is 20.3. The number of hydrogen-bond acceptors (Lipinski definition) is 4. The maximum absolute atomic E-state index is 11.1. The topological polar surface area (TPSA) is 67.6 Å². The van der Waals surface area contributed by atoms with Gasteiger partial charge in [-0.1, -0.05) is 6.92 Å². The Balaban J connectivity index is 2.45. The van der Waals surface area contributed by atoms with Gasteiger partial charge in [0, 0.05) is 32.7 Å². The maximum Gasteiger partial charge on any atom is 0.310 e. The smallest absolute Gasteiger partial charge is 0.310 e. The molecule has 18 heavy (non-hydrogen) atoms. The molecule has 0 aromatic rings. The fourth-order valence-corrected chi connectivity index (χ4v) is 2.29. The van der Waals surface area contributed by atoms with Crippen LogP contribution in [0.25, 0.3) is 0 Å². The summed E-state index contributed by atoms with van der Waals surface area (Å²) in [6, 6.07) is 2.32.